The van der Waals surface area contributed by atoms with Crippen LogP contribution in [0.15, 0.2) is 0 Å². The van der Waals surface area contributed by atoms with E-state index in [-0.39, 0.29) is 17.9 Å². The van der Waals surface area contributed by atoms with E-state index in [0.717, 1.165) is 25.7 Å². The molecule has 0 bridgehead atoms. The number of carbonyl (C=O) groups excluding carboxylic acids is 1. The zero-order valence-corrected chi connectivity index (χ0v) is 11.4. The fourth-order valence-electron chi connectivity index (χ4n) is 1.94. The molecule has 1 fully saturated rings. The smallest absolute Gasteiger partial charge is 0.223 e. The summed E-state index contributed by atoms with van der Waals surface area (Å²) in [6.45, 7) is 7.12. The summed E-state index contributed by atoms with van der Waals surface area (Å²) >= 11 is 0. The number of rotatable bonds is 3. The molecule has 0 aromatic carbocycles. The van der Waals surface area contributed by atoms with Gasteiger partial charge in [0.25, 0.3) is 0 Å². The molecule has 0 atom stereocenters. The Morgan fingerprint density at radius 2 is 1.65 bits per heavy atom. The molecule has 1 rings (SSSR count). The molecule has 4 heteroatoms. The molecule has 1 saturated carbocycles. The van der Waals surface area contributed by atoms with Gasteiger partial charge in [-0.3, -0.25) is 4.79 Å². The molecule has 0 saturated heterocycles. The van der Waals surface area contributed by atoms with Gasteiger partial charge in [0.2, 0.25) is 5.91 Å². The van der Waals surface area contributed by atoms with E-state index in [4.69, 9.17) is 5.73 Å². The molecular weight excluding hydrogens is 216 g/mol. The Labute approximate surface area is 104 Å². The summed E-state index contributed by atoms with van der Waals surface area (Å²) in [6, 6.07) is 0.251. The van der Waals surface area contributed by atoms with Crippen molar-refractivity contribution in [3.05, 3.63) is 0 Å². The minimum Gasteiger partial charge on any atom is -0.388 e. The van der Waals surface area contributed by atoms with Crippen LogP contribution in [-0.4, -0.2) is 28.2 Å². The molecule has 1 aliphatic rings. The fourth-order valence-corrected chi connectivity index (χ4v) is 1.94. The second-order valence-corrected chi connectivity index (χ2v) is 6.28. The van der Waals surface area contributed by atoms with E-state index in [2.05, 4.69) is 5.32 Å². The number of carbonyl (C=O) groups is 1. The van der Waals surface area contributed by atoms with Gasteiger partial charge in [-0.2, -0.15) is 0 Å². The maximum atomic E-state index is 12.1. The van der Waals surface area contributed by atoms with Gasteiger partial charge in [-0.05, 0) is 53.4 Å². The predicted molar refractivity (Wildman–Crippen MR) is 68.5 cm³/mol. The monoisotopic (exact) mass is 242 g/mol. The Morgan fingerprint density at radius 1 is 1.18 bits per heavy atom. The van der Waals surface area contributed by atoms with Gasteiger partial charge in [-0.25, -0.2) is 0 Å². The standard InChI is InChI=1S/C13H26N2O2/c1-12(2,13(3,4)17)15-11(16)9-5-7-10(14)8-6-9/h9-10,17H,5-8,14H2,1-4H3,(H,15,16). The Bertz CT molecular complexity index is 274. The highest BCUT2D eigenvalue weighted by atomic mass is 16.3. The van der Waals surface area contributed by atoms with E-state index < -0.39 is 11.1 Å². The number of nitrogens with one attached hydrogen (secondary N) is 1. The van der Waals surface area contributed by atoms with E-state index >= 15 is 0 Å². The van der Waals surface area contributed by atoms with Crippen LogP contribution in [0.3, 0.4) is 0 Å². The molecule has 0 aromatic rings. The summed E-state index contributed by atoms with van der Waals surface area (Å²) in [5.74, 6) is 0.0976. The van der Waals surface area contributed by atoms with E-state index in [9.17, 15) is 9.90 Å². The Morgan fingerprint density at radius 3 is 2.06 bits per heavy atom. The normalized spacial score (nSPS) is 26.7. The zero-order chi connectivity index (χ0) is 13.3. The highest BCUT2D eigenvalue weighted by molar-refractivity contribution is 5.79. The highest BCUT2D eigenvalue weighted by Crippen LogP contribution is 2.26. The first-order valence-corrected chi connectivity index (χ1v) is 6.43. The number of hydrogen-bond donors (Lipinski definition) is 3. The third kappa shape index (κ3) is 3.68. The molecule has 100 valence electrons. The maximum absolute atomic E-state index is 12.1. The second kappa shape index (κ2) is 4.94. The van der Waals surface area contributed by atoms with Crippen LogP contribution in [0.2, 0.25) is 0 Å². The zero-order valence-electron chi connectivity index (χ0n) is 11.4. The molecule has 4 nitrogen and oxygen atoms in total. The van der Waals surface area contributed by atoms with Gasteiger partial charge in [-0.15, -0.1) is 0 Å². The molecule has 0 radical (unpaired) electrons. The molecule has 1 amide bonds. The third-order valence-corrected chi connectivity index (χ3v) is 4.11. The van der Waals surface area contributed by atoms with Crippen molar-refractivity contribution < 1.29 is 9.90 Å². The van der Waals surface area contributed by atoms with Crippen LogP contribution in [0.1, 0.15) is 53.4 Å². The number of nitrogens with two attached hydrogens (primary N) is 1. The molecule has 0 heterocycles. The predicted octanol–water partition coefficient (Wildman–Crippen LogP) is 1.17. The van der Waals surface area contributed by atoms with Crippen molar-refractivity contribution in [3.63, 3.8) is 0 Å². The minimum atomic E-state index is -0.937. The molecule has 1 aliphatic carbocycles. The summed E-state index contributed by atoms with van der Waals surface area (Å²) in [4.78, 5) is 12.1. The lowest BCUT2D eigenvalue weighted by Gasteiger charge is -2.39. The van der Waals surface area contributed by atoms with Crippen molar-refractivity contribution in [1.82, 2.24) is 5.32 Å². The lowest BCUT2D eigenvalue weighted by molar-refractivity contribution is -0.131. The van der Waals surface area contributed by atoms with Crippen molar-refractivity contribution in [2.45, 2.75) is 70.6 Å². The average molecular weight is 242 g/mol. The van der Waals surface area contributed by atoms with Gasteiger partial charge >= 0.3 is 0 Å². The first kappa shape index (κ1) is 14.5. The van der Waals surface area contributed by atoms with Crippen molar-refractivity contribution in [1.29, 1.82) is 0 Å². The lowest BCUT2D eigenvalue weighted by atomic mass is 9.82. The summed E-state index contributed by atoms with van der Waals surface area (Å²) in [7, 11) is 0. The molecular formula is C13H26N2O2. The summed E-state index contributed by atoms with van der Waals surface area (Å²) in [6.07, 6.45) is 3.55. The van der Waals surface area contributed by atoms with Crippen LogP contribution < -0.4 is 11.1 Å². The van der Waals surface area contributed by atoms with Crippen molar-refractivity contribution in [3.8, 4) is 0 Å². The van der Waals surface area contributed by atoms with Crippen LogP contribution in [-0.2, 0) is 4.79 Å². The molecule has 0 aliphatic heterocycles. The maximum Gasteiger partial charge on any atom is 0.223 e. The average Bonchev–Trinajstić information content (AvgIpc) is 2.16. The lowest BCUT2D eigenvalue weighted by Crippen LogP contribution is -2.59. The molecule has 4 N–H and O–H groups in total. The van der Waals surface area contributed by atoms with Gasteiger partial charge in [0.15, 0.2) is 0 Å². The molecule has 0 unspecified atom stereocenters. The minimum absolute atomic E-state index is 0.0454. The number of aliphatic hydroxyl groups is 1. The first-order chi connectivity index (χ1) is 7.63. The summed E-state index contributed by atoms with van der Waals surface area (Å²) in [5.41, 5.74) is 4.26. The second-order valence-electron chi connectivity index (χ2n) is 6.28. The summed E-state index contributed by atoms with van der Waals surface area (Å²) < 4.78 is 0. The van der Waals surface area contributed by atoms with E-state index in [1.165, 1.54) is 0 Å². The van der Waals surface area contributed by atoms with Crippen molar-refractivity contribution in [2.24, 2.45) is 11.7 Å². The highest BCUT2D eigenvalue weighted by Gasteiger charge is 2.38. The van der Waals surface area contributed by atoms with Crippen LogP contribution in [0.25, 0.3) is 0 Å². The molecule has 0 aromatic heterocycles. The Kier molecular flexibility index (Phi) is 4.20. The first-order valence-electron chi connectivity index (χ1n) is 6.43. The number of amides is 1. The third-order valence-electron chi connectivity index (χ3n) is 4.11. The van der Waals surface area contributed by atoms with Gasteiger partial charge < -0.3 is 16.2 Å². The van der Waals surface area contributed by atoms with Crippen molar-refractivity contribution in [2.75, 3.05) is 0 Å². The molecule has 0 spiro atoms. The fraction of sp³-hybridized carbons (Fsp3) is 0.923. The van der Waals surface area contributed by atoms with E-state index in [1.54, 1.807) is 13.8 Å². The van der Waals surface area contributed by atoms with Crippen LogP contribution in [0.5, 0.6) is 0 Å². The number of hydrogen-bond acceptors (Lipinski definition) is 3. The van der Waals surface area contributed by atoms with E-state index in [0.29, 0.717) is 0 Å². The summed E-state index contributed by atoms with van der Waals surface area (Å²) in [5, 5.41) is 13.0. The Balaban J connectivity index is 2.55. The van der Waals surface area contributed by atoms with Gasteiger partial charge in [0.1, 0.15) is 0 Å². The van der Waals surface area contributed by atoms with Gasteiger partial charge in [0, 0.05) is 12.0 Å². The van der Waals surface area contributed by atoms with E-state index in [1.807, 2.05) is 13.8 Å². The molecule has 17 heavy (non-hydrogen) atoms. The topological polar surface area (TPSA) is 75.3 Å². The Hall–Kier alpha value is -0.610. The van der Waals surface area contributed by atoms with Crippen molar-refractivity contribution >= 4 is 5.91 Å². The van der Waals surface area contributed by atoms with Crippen LogP contribution in [0, 0.1) is 5.92 Å². The largest absolute Gasteiger partial charge is 0.388 e. The van der Waals surface area contributed by atoms with Crippen LogP contribution in [0.4, 0.5) is 0 Å². The van der Waals surface area contributed by atoms with Gasteiger partial charge in [-0.1, -0.05) is 0 Å². The quantitative estimate of drug-likeness (QED) is 0.695. The van der Waals surface area contributed by atoms with Crippen LogP contribution >= 0.6 is 0 Å². The van der Waals surface area contributed by atoms with Gasteiger partial charge in [0.05, 0.1) is 11.1 Å². The SMILES string of the molecule is CC(C)(O)C(C)(C)NC(=O)C1CCC(N)CC1.